The quantitative estimate of drug-likeness (QED) is 0.924. The number of carbonyl (C=O) groups excluding carboxylic acids is 1. The second-order valence-corrected chi connectivity index (χ2v) is 5.72. The normalized spacial score (nSPS) is 18.4. The number of hydrogen-bond acceptors (Lipinski definition) is 3. The number of amides is 1. The molecule has 0 saturated carbocycles. The highest BCUT2D eigenvalue weighted by molar-refractivity contribution is 5.76. The van der Waals surface area contributed by atoms with Crippen LogP contribution in [-0.2, 0) is 18.3 Å². The zero-order chi connectivity index (χ0) is 14.8. The maximum Gasteiger partial charge on any atom is 0.222 e. The molecule has 3 rings (SSSR count). The number of rotatable bonds is 4. The van der Waals surface area contributed by atoms with E-state index in [9.17, 15) is 4.79 Å². The number of likely N-dealkylation sites (tertiary alicyclic amines) is 1. The zero-order valence-electron chi connectivity index (χ0n) is 12.5. The molecule has 0 unspecified atom stereocenters. The van der Waals surface area contributed by atoms with Crippen LogP contribution in [0.1, 0.15) is 36.0 Å². The van der Waals surface area contributed by atoms with Crippen LogP contribution in [0.3, 0.4) is 0 Å². The van der Waals surface area contributed by atoms with Crippen molar-refractivity contribution in [3.05, 3.63) is 35.7 Å². The number of carbonyl (C=O) groups is 1. The topological polar surface area (TPSA) is 66.8 Å². The van der Waals surface area contributed by atoms with E-state index in [-0.39, 0.29) is 5.91 Å². The van der Waals surface area contributed by atoms with Crippen LogP contribution in [0.4, 0.5) is 0 Å². The summed E-state index contributed by atoms with van der Waals surface area (Å²) in [5.74, 6) is 1.58. The third-order valence-corrected chi connectivity index (χ3v) is 4.17. The Hall–Kier alpha value is -2.11. The van der Waals surface area contributed by atoms with Gasteiger partial charge in [0.25, 0.3) is 0 Å². The van der Waals surface area contributed by atoms with E-state index in [0.29, 0.717) is 12.3 Å². The number of imidazole rings is 1. The maximum absolute atomic E-state index is 12.3. The Balaban J connectivity index is 1.53. The first-order valence-corrected chi connectivity index (χ1v) is 7.39. The molecule has 0 aromatic carbocycles. The molecule has 1 aliphatic rings. The van der Waals surface area contributed by atoms with Crippen molar-refractivity contribution in [2.45, 2.75) is 32.1 Å². The summed E-state index contributed by atoms with van der Waals surface area (Å²) >= 11 is 0. The first-order valence-electron chi connectivity index (χ1n) is 7.39. The molecule has 0 aliphatic carbocycles. The van der Waals surface area contributed by atoms with Gasteiger partial charge in [-0.3, -0.25) is 9.48 Å². The fourth-order valence-electron chi connectivity index (χ4n) is 2.89. The lowest BCUT2D eigenvalue weighted by atomic mass is 10.1. The van der Waals surface area contributed by atoms with E-state index < -0.39 is 0 Å². The molecule has 1 fully saturated rings. The van der Waals surface area contributed by atoms with Gasteiger partial charge in [0.1, 0.15) is 5.82 Å². The summed E-state index contributed by atoms with van der Waals surface area (Å²) in [7, 11) is 1.91. The third-order valence-electron chi connectivity index (χ3n) is 4.17. The number of H-pyrrole nitrogens is 1. The third kappa shape index (κ3) is 2.99. The summed E-state index contributed by atoms with van der Waals surface area (Å²) < 4.78 is 1.83. The van der Waals surface area contributed by atoms with E-state index in [4.69, 9.17) is 0 Å². The molecule has 1 amide bonds. The summed E-state index contributed by atoms with van der Waals surface area (Å²) in [6.45, 7) is 3.61. The predicted molar refractivity (Wildman–Crippen MR) is 78.8 cm³/mol. The Morgan fingerprint density at radius 2 is 2.38 bits per heavy atom. The Bertz CT molecular complexity index is 630. The number of aromatic amines is 1. The molecule has 1 atom stereocenters. The van der Waals surface area contributed by atoms with E-state index >= 15 is 0 Å². The van der Waals surface area contributed by atoms with Crippen LogP contribution in [0.15, 0.2) is 18.5 Å². The lowest BCUT2D eigenvalue weighted by Crippen LogP contribution is -2.28. The average molecular weight is 287 g/mol. The highest BCUT2D eigenvalue weighted by Crippen LogP contribution is 2.25. The number of hydrogen-bond donors (Lipinski definition) is 1. The molecular formula is C15H21N5O. The smallest absolute Gasteiger partial charge is 0.222 e. The summed E-state index contributed by atoms with van der Waals surface area (Å²) in [5.41, 5.74) is 2.17. The van der Waals surface area contributed by atoms with Crippen LogP contribution in [-0.4, -0.2) is 43.6 Å². The van der Waals surface area contributed by atoms with Crippen molar-refractivity contribution in [1.82, 2.24) is 24.6 Å². The molecule has 2 aromatic heterocycles. The van der Waals surface area contributed by atoms with Crippen LogP contribution in [0.2, 0.25) is 0 Å². The number of aryl methyl sites for hydroxylation is 3. The minimum atomic E-state index is 0.224. The number of nitrogens with one attached hydrogen (secondary N) is 1. The summed E-state index contributed by atoms with van der Waals surface area (Å²) in [6.07, 6.45) is 5.90. The fraction of sp³-hybridized carbons (Fsp3) is 0.533. The molecule has 6 nitrogen and oxygen atoms in total. The monoisotopic (exact) mass is 287 g/mol. The van der Waals surface area contributed by atoms with Crippen LogP contribution in [0.25, 0.3) is 0 Å². The van der Waals surface area contributed by atoms with Gasteiger partial charge < -0.3 is 9.88 Å². The molecule has 3 heterocycles. The van der Waals surface area contributed by atoms with Gasteiger partial charge in [-0.05, 0) is 25.8 Å². The van der Waals surface area contributed by atoms with Gasteiger partial charge >= 0.3 is 0 Å². The SMILES string of the molecule is Cc1cnc([C@@H]2CCN(C(=O)CCc3ccnn3C)C2)[nH]1. The molecule has 1 N–H and O–H groups in total. The summed E-state index contributed by atoms with van der Waals surface area (Å²) in [4.78, 5) is 21.9. The van der Waals surface area contributed by atoms with E-state index in [0.717, 1.165) is 43.1 Å². The Kier molecular flexibility index (Phi) is 3.77. The molecule has 1 aliphatic heterocycles. The van der Waals surface area contributed by atoms with Gasteiger partial charge in [0.05, 0.1) is 0 Å². The second kappa shape index (κ2) is 5.71. The molecule has 0 radical (unpaired) electrons. The molecule has 0 spiro atoms. The van der Waals surface area contributed by atoms with E-state index in [2.05, 4.69) is 15.1 Å². The molecule has 112 valence electrons. The van der Waals surface area contributed by atoms with Gasteiger partial charge in [-0.1, -0.05) is 0 Å². The average Bonchev–Trinajstić information content (AvgIpc) is 3.16. The lowest BCUT2D eigenvalue weighted by molar-refractivity contribution is -0.130. The standard InChI is InChI=1S/C15H21N5O/c1-11-9-16-15(18-11)12-6-8-20(10-12)14(21)4-3-13-5-7-17-19(13)2/h5,7,9,12H,3-4,6,8,10H2,1-2H3,(H,16,18)/t12-/m1/s1. The van der Waals surface area contributed by atoms with Gasteiger partial charge in [-0.15, -0.1) is 0 Å². The van der Waals surface area contributed by atoms with Crippen molar-refractivity contribution in [1.29, 1.82) is 0 Å². The van der Waals surface area contributed by atoms with Gasteiger partial charge in [-0.2, -0.15) is 5.10 Å². The number of nitrogens with zero attached hydrogens (tertiary/aromatic N) is 4. The van der Waals surface area contributed by atoms with Crippen molar-refractivity contribution >= 4 is 5.91 Å². The van der Waals surface area contributed by atoms with Crippen molar-refractivity contribution < 1.29 is 4.79 Å². The summed E-state index contributed by atoms with van der Waals surface area (Å²) in [5, 5.41) is 4.13. The van der Waals surface area contributed by atoms with Crippen molar-refractivity contribution in [2.75, 3.05) is 13.1 Å². The Morgan fingerprint density at radius 3 is 3.05 bits per heavy atom. The highest BCUT2D eigenvalue weighted by Gasteiger charge is 2.28. The zero-order valence-corrected chi connectivity index (χ0v) is 12.5. The Morgan fingerprint density at radius 1 is 1.52 bits per heavy atom. The first kappa shape index (κ1) is 13.9. The van der Waals surface area contributed by atoms with Crippen molar-refractivity contribution in [3.63, 3.8) is 0 Å². The predicted octanol–water partition coefficient (Wildman–Crippen LogP) is 1.40. The van der Waals surface area contributed by atoms with Crippen LogP contribution < -0.4 is 0 Å². The van der Waals surface area contributed by atoms with E-state index in [1.807, 2.05) is 35.8 Å². The van der Waals surface area contributed by atoms with E-state index in [1.54, 1.807) is 6.20 Å². The van der Waals surface area contributed by atoms with Crippen LogP contribution >= 0.6 is 0 Å². The minimum Gasteiger partial charge on any atom is -0.346 e. The van der Waals surface area contributed by atoms with Crippen LogP contribution in [0.5, 0.6) is 0 Å². The molecule has 0 bridgehead atoms. The minimum absolute atomic E-state index is 0.224. The van der Waals surface area contributed by atoms with Gasteiger partial charge in [0.2, 0.25) is 5.91 Å². The molecule has 2 aromatic rings. The van der Waals surface area contributed by atoms with Crippen molar-refractivity contribution in [2.24, 2.45) is 7.05 Å². The van der Waals surface area contributed by atoms with Gasteiger partial charge in [-0.25, -0.2) is 4.98 Å². The molecule has 6 heteroatoms. The molecule has 21 heavy (non-hydrogen) atoms. The van der Waals surface area contributed by atoms with Gasteiger partial charge in [0.15, 0.2) is 0 Å². The molecular weight excluding hydrogens is 266 g/mol. The van der Waals surface area contributed by atoms with Crippen LogP contribution in [0, 0.1) is 6.92 Å². The first-order chi connectivity index (χ1) is 10.1. The largest absolute Gasteiger partial charge is 0.346 e. The van der Waals surface area contributed by atoms with Gasteiger partial charge in [0, 0.05) is 56.3 Å². The highest BCUT2D eigenvalue weighted by atomic mass is 16.2. The lowest BCUT2D eigenvalue weighted by Gasteiger charge is -2.16. The second-order valence-electron chi connectivity index (χ2n) is 5.72. The van der Waals surface area contributed by atoms with Crippen molar-refractivity contribution in [3.8, 4) is 0 Å². The Labute approximate surface area is 124 Å². The molecule has 1 saturated heterocycles. The summed E-state index contributed by atoms with van der Waals surface area (Å²) in [6, 6.07) is 1.96. The maximum atomic E-state index is 12.3. The fourth-order valence-corrected chi connectivity index (χ4v) is 2.89. The number of aromatic nitrogens is 4. The van der Waals surface area contributed by atoms with E-state index in [1.165, 1.54) is 0 Å².